The molecular weight excluding hydrogens is 311 g/mol. The Kier molecular flexibility index (Phi) is 5.10. The molecule has 6 nitrogen and oxygen atoms in total. The number of halogens is 1. The lowest BCUT2D eigenvalue weighted by Gasteiger charge is -2.31. The molecule has 2 amide bonds. The van der Waals surface area contributed by atoms with Crippen molar-refractivity contribution in [1.29, 1.82) is 0 Å². The molecule has 3 rings (SSSR count). The van der Waals surface area contributed by atoms with Crippen LogP contribution >= 0.6 is 0 Å². The first-order valence-electron chi connectivity index (χ1n) is 7.99. The molecule has 1 fully saturated rings. The van der Waals surface area contributed by atoms with Gasteiger partial charge in [-0.2, -0.15) is 0 Å². The van der Waals surface area contributed by atoms with Crippen LogP contribution in [0.1, 0.15) is 18.1 Å². The Balaban J connectivity index is 1.59. The SMILES string of the molecule is C[C@@H]1CN(C(=O)NCc2ccc(F)c(Cn3ccnc3)c2)CCO1. The molecule has 2 aromatic rings. The zero-order chi connectivity index (χ0) is 16.9. The van der Waals surface area contributed by atoms with E-state index in [1.165, 1.54) is 6.07 Å². The quantitative estimate of drug-likeness (QED) is 0.932. The fourth-order valence-corrected chi connectivity index (χ4v) is 2.73. The first-order chi connectivity index (χ1) is 11.6. The topological polar surface area (TPSA) is 59.4 Å². The van der Waals surface area contributed by atoms with Crippen molar-refractivity contribution >= 4 is 6.03 Å². The summed E-state index contributed by atoms with van der Waals surface area (Å²) < 4.78 is 21.2. The molecule has 0 unspecified atom stereocenters. The largest absolute Gasteiger partial charge is 0.375 e. The molecule has 1 aromatic heterocycles. The number of urea groups is 1. The summed E-state index contributed by atoms with van der Waals surface area (Å²) in [5.74, 6) is -0.263. The molecular formula is C17H21FN4O2. The van der Waals surface area contributed by atoms with Crippen molar-refractivity contribution in [1.82, 2.24) is 19.8 Å². The molecule has 0 radical (unpaired) electrons. The second-order valence-electron chi connectivity index (χ2n) is 5.95. The maximum absolute atomic E-state index is 14.0. The first-order valence-corrected chi connectivity index (χ1v) is 7.99. The molecule has 1 saturated heterocycles. The summed E-state index contributed by atoms with van der Waals surface area (Å²) in [4.78, 5) is 17.9. The van der Waals surface area contributed by atoms with Gasteiger partial charge in [0.2, 0.25) is 0 Å². The maximum atomic E-state index is 14.0. The maximum Gasteiger partial charge on any atom is 0.317 e. The Labute approximate surface area is 140 Å². The predicted molar refractivity (Wildman–Crippen MR) is 87.0 cm³/mol. The number of nitrogens with zero attached hydrogens (tertiary/aromatic N) is 3. The standard InChI is InChI=1S/C17H21FN4O2/c1-13-10-22(6-7-24-13)17(23)20-9-14-2-3-16(18)15(8-14)11-21-5-4-19-12-21/h2-5,8,12-13H,6-7,9-11H2,1H3,(H,20,23)/t13-/m1/s1. The summed E-state index contributed by atoms with van der Waals surface area (Å²) >= 11 is 0. The Bertz CT molecular complexity index is 690. The zero-order valence-electron chi connectivity index (χ0n) is 13.6. The number of imidazole rings is 1. The van der Waals surface area contributed by atoms with Gasteiger partial charge in [-0.1, -0.05) is 6.07 Å². The van der Waals surface area contributed by atoms with Crippen molar-refractivity contribution in [3.8, 4) is 0 Å². The molecule has 0 aliphatic carbocycles. The highest BCUT2D eigenvalue weighted by Gasteiger charge is 2.20. The predicted octanol–water partition coefficient (Wildman–Crippen LogP) is 2.00. The van der Waals surface area contributed by atoms with E-state index in [0.717, 1.165) is 5.56 Å². The number of amides is 2. The van der Waals surface area contributed by atoms with Crippen LogP contribution in [0.5, 0.6) is 0 Å². The van der Waals surface area contributed by atoms with Gasteiger partial charge >= 0.3 is 6.03 Å². The van der Waals surface area contributed by atoms with Crippen molar-refractivity contribution in [2.24, 2.45) is 0 Å². The van der Waals surface area contributed by atoms with E-state index in [4.69, 9.17) is 4.74 Å². The third kappa shape index (κ3) is 4.11. The minimum absolute atomic E-state index is 0.0529. The lowest BCUT2D eigenvalue weighted by molar-refractivity contribution is -0.00351. The molecule has 1 aromatic carbocycles. The van der Waals surface area contributed by atoms with Crippen molar-refractivity contribution in [3.05, 3.63) is 53.9 Å². The smallest absolute Gasteiger partial charge is 0.317 e. The van der Waals surface area contributed by atoms with E-state index < -0.39 is 0 Å². The van der Waals surface area contributed by atoms with Crippen molar-refractivity contribution in [2.45, 2.75) is 26.1 Å². The number of ether oxygens (including phenoxy) is 1. The van der Waals surface area contributed by atoms with Gasteiger partial charge in [-0.15, -0.1) is 0 Å². The second kappa shape index (κ2) is 7.44. The summed E-state index contributed by atoms with van der Waals surface area (Å²) in [5, 5.41) is 2.88. The van der Waals surface area contributed by atoms with E-state index in [-0.39, 0.29) is 18.0 Å². The van der Waals surface area contributed by atoms with E-state index in [1.807, 2.05) is 6.92 Å². The Morgan fingerprint density at radius 3 is 3.12 bits per heavy atom. The van der Waals surface area contributed by atoms with Gasteiger partial charge in [0, 0.05) is 37.6 Å². The van der Waals surface area contributed by atoms with Crippen LogP contribution in [-0.4, -0.2) is 46.3 Å². The van der Waals surface area contributed by atoms with Crippen LogP contribution in [0.25, 0.3) is 0 Å². The molecule has 1 aliphatic heterocycles. The minimum atomic E-state index is -0.263. The average molecular weight is 332 g/mol. The molecule has 24 heavy (non-hydrogen) atoms. The number of benzene rings is 1. The van der Waals surface area contributed by atoms with Crippen molar-refractivity contribution in [2.75, 3.05) is 19.7 Å². The van der Waals surface area contributed by atoms with E-state index in [9.17, 15) is 9.18 Å². The number of morpholine rings is 1. The third-order valence-electron chi connectivity index (χ3n) is 3.99. The Hall–Kier alpha value is -2.41. The van der Waals surface area contributed by atoms with E-state index in [0.29, 0.717) is 38.3 Å². The first kappa shape index (κ1) is 16.4. The lowest BCUT2D eigenvalue weighted by atomic mass is 10.1. The minimum Gasteiger partial charge on any atom is -0.375 e. The molecule has 1 N–H and O–H groups in total. The summed E-state index contributed by atoms with van der Waals surface area (Å²) in [6.45, 7) is 4.45. The van der Waals surface area contributed by atoms with Crippen LogP contribution in [0, 0.1) is 5.82 Å². The number of carbonyl (C=O) groups excluding carboxylic acids is 1. The zero-order valence-corrected chi connectivity index (χ0v) is 13.6. The van der Waals surface area contributed by atoms with Crippen LogP contribution < -0.4 is 5.32 Å². The normalized spacial score (nSPS) is 17.8. The highest BCUT2D eigenvalue weighted by atomic mass is 19.1. The molecule has 1 aliphatic rings. The van der Waals surface area contributed by atoms with Gasteiger partial charge < -0.3 is 19.5 Å². The van der Waals surface area contributed by atoms with Gasteiger partial charge in [-0.3, -0.25) is 0 Å². The van der Waals surface area contributed by atoms with Gasteiger partial charge in [0.1, 0.15) is 5.82 Å². The summed E-state index contributed by atoms with van der Waals surface area (Å²) in [6.07, 6.45) is 5.14. The molecule has 0 saturated carbocycles. The van der Waals surface area contributed by atoms with Crippen molar-refractivity contribution < 1.29 is 13.9 Å². The van der Waals surface area contributed by atoms with E-state index >= 15 is 0 Å². The van der Waals surface area contributed by atoms with Gasteiger partial charge in [0.25, 0.3) is 0 Å². The Morgan fingerprint density at radius 2 is 2.38 bits per heavy atom. The van der Waals surface area contributed by atoms with E-state index in [1.54, 1.807) is 40.3 Å². The number of aromatic nitrogens is 2. The second-order valence-corrected chi connectivity index (χ2v) is 5.95. The average Bonchev–Trinajstić information content (AvgIpc) is 3.08. The molecule has 0 spiro atoms. The summed E-state index contributed by atoms with van der Waals surface area (Å²) in [5.41, 5.74) is 1.43. The number of hydrogen-bond donors (Lipinski definition) is 1. The van der Waals surface area contributed by atoms with E-state index in [2.05, 4.69) is 10.3 Å². The van der Waals surface area contributed by atoms with Crippen LogP contribution in [0.3, 0.4) is 0 Å². The number of nitrogens with one attached hydrogen (secondary N) is 1. The Morgan fingerprint density at radius 1 is 1.50 bits per heavy atom. The van der Waals surface area contributed by atoms with Gasteiger partial charge in [-0.25, -0.2) is 14.2 Å². The fourth-order valence-electron chi connectivity index (χ4n) is 2.73. The van der Waals surface area contributed by atoms with Gasteiger partial charge in [-0.05, 0) is 24.6 Å². The summed E-state index contributed by atoms with van der Waals surface area (Å²) in [7, 11) is 0. The lowest BCUT2D eigenvalue weighted by Crippen LogP contribution is -2.48. The molecule has 7 heteroatoms. The third-order valence-corrected chi connectivity index (χ3v) is 3.99. The van der Waals surface area contributed by atoms with Crippen LogP contribution in [0.4, 0.5) is 9.18 Å². The van der Waals surface area contributed by atoms with Crippen LogP contribution in [-0.2, 0) is 17.8 Å². The number of carbonyl (C=O) groups is 1. The highest BCUT2D eigenvalue weighted by Crippen LogP contribution is 2.13. The molecule has 2 heterocycles. The fraction of sp³-hybridized carbons (Fsp3) is 0.412. The number of rotatable bonds is 4. The molecule has 128 valence electrons. The summed E-state index contributed by atoms with van der Waals surface area (Å²) in [6, 6.07) is 4.78. The molecule has 1 atom stereocenters. The number of hydrogen-bond acceptors (Lipinski definition) is 3. The van der Waals surface area contributed by atoms with Gasteiger partial charge in [0.05, 0.1) is 25.6 Å². The monoisotopic (exact) mass is 332 g/mol. The highest BCUT2D eigenvalue weighted by molar-refractivity contribution is 5.74. The van der Waals surface area contributed by atoms with Crippen LogP contribution in [0.2, 0.25) is 0 Å². The van der Waals surface area contributed by atoms with Crippen LogP contribution in [0.15, 0.2) is 36.9 Å². The van der Waals surface area contributed by atoms with Crippen molar-refractivity contribution in [3.63, 3.8) is 0 Å². The molecule has 0 bridgehead atoms. The van der Waals surface area contributed by atoms with Gasteiger partial charge in [0.15, 0.2) is 0 Å².